The summed E-state index contributed by atoms with van der Waals surface area (Å²) in [5.41, 5.74) is 3.04. The smallest absolute Gasteiger partial charge is 0.238 e. The molecule has 1 N–H and O–H groups in total. The quantitative estimate of drug-likeness (QED) is 0.766. The maximum atomic E-state index is 12.5. The first-order valence-corrected chi connectivity index (χ1v) is 10.5. The number of amides is 1. The fourth-order valence-electron chi connectivity index (χ4n) is 3.44. The number of hydrogen-bond donors (Lipinski definition) is 1. The lowest BCUT2D eigenvalue weighted by Gasteiger charge is -2.34. The van der Waals surface area contributed by atoms with Crippen molar-refractivity contribution < 1.29 is 4.79 Å². The Bertz CT molecular complexity index is 899. The number of aryl methyl sites for hydroxylation is 1. The zero-order chi connectivity index (χ0) is 20.3. The highest BCUT2D eigenvalue weighted by molar-refractivity contribution is 8.00. The number of nitrogens with one attached hydrogen (secondary N) is 1. The Morgan fingerprint density at radius 3 is 2.82 bits per heavy atom. The van der Waals surface area contributed by atoms with Crippen molar-refractivity contribution in [3.63, 3.8) is 0 Å². The molecule has 2 aromatic rings. The van der Waals surface area contributed by atoms with Crippen LogP contribution in [0.15, 0.2) is 35.5 Å². The normalized spacial score (nSPS) is 17.3. The van der Waals surface area contributed by atoms with E-state index in [2.05, 4.69) is 37.1 Å². The second kappa shape index (κ2) is 8.32. The molecule has 2 unspecified atom stereocenters. The van der Waals surface area contributed by atoms with Crippen molar-refractivity contribution in [2.24, 2.45) is 11.3 Å². The third-order valence-corrected chi connectivity index (χ3v) is 6.37. The van der Waals surface area contributed by atoms with Crippen molar-refractivity contribution in [2.45, 2.75) is 57.2 Å². The lowest BCUT2D eigenvalue weighted by molar-refractivity contribution is -0.115. The van der Waals surface area contributed by atoms with Crippen LogP contribution in [0.2, 0.25) is 0 Å². The van der Waals surface area contributed by atoms with Gasteiger partial charge in [-0.2, -0.15) is 5.26 Å². The van der Waals surface area contributed by atoms with Crippen molar-refractivity contribution >= 4 is 23.5 Å². The number of aromatic nitrogens is 2. The summed E-state index contributed by atoms with van der Waals surface area (Å²) in [6.45, 7) is 8.63. The summed E-state index contributed by atoms with van der Waals surface area (Å²) in [5.74, 6) is 0.960. The molecule has 2 aromatic heterocycles. The molecule has 5 nitrogen and oxygen atoms in total. The van der Waals surface area contributed by atoms with Crippen LogP contribution in [-0.4, -0.2) is 21.1 Å². The number of pyridine rings is 2. The van der Waals surface area contributed by atoms with Crippen molar-refractivity contribution in [1.29, 1.82) is 5.26 Å². The molecule has 0 spiro atoms. The first-order valence-electron chi connectivity index (χ1n) is 9.59. The molecule has 0 fully saturated rings. The molecule has 1 amide bonds. The molecular weight excluding hydrogens is 368 g/mol. The van der Waals surface area contributed by atoms with Gasteiger partial charge in [0, 0.05) is 11.9 Å². The number of fused-ring (bicyclic) bond motifs is 1. The number of nitrogens with zero attached hydrogens (tertiary/aromatic N) is 3. The summed E-state index contributed by atoms with van der Waals surface area (Å²) >= 11 is 1.33. The van der Waals surface area contributed by atoms with E-state index in [-0.39, 0.29) is 16.6 Å². The molecule has 0 saturated carbocycles. The highest BCUT2D eigenvalue weighted by Crippen LogP contribution is 2.38. The molecule has 1 aliphatic rings. The molecule has 2 heterocycles. The van der Waals surface area contributed by atoms with Crippen molar-refractivity contribution in [3.8, 4) is 6.07 Å². The number of nitriles is 1. The van der Waals surface area contributed by atoms with E-state index >= 15 is 0 Å². The molecule has 0 saturated heterocycles. The number of thioether (sulfide) groups is 1. The van der Waals surface area contributed by atoms with Gasteiger partial charge in [0.1, 0.15) is 16.9 Å². The van der Waals surface area contributed by atoms with Crippen LogP contribution in [0.1, 0.15) is 50.9 Å². The van der Waals surface area contributed by atoms with Gasteiger partial charge >= 0.3 is 0 Å². The number of carbonyl (C=O) groups excluding carboxylic acids is 1. The van der Waals surface area contributed by atoms with Gasteiger partial charge in [0.2, 0.25) is 5.91 Å². The SMILES string of the molecule is CC(Sc1nc2c(cc1C#N)CC(C(C)(C)C)CC2)C(=O)Nc1ccccn1. The van der Waals surface area contributed by atoms with E-state index in [1.165, 1.54) is 17.3 Å². The maximum Gasteiger partial charge on any atom is 0.238 e. The van der Waals surface area contributed by atoms with Crippen LogP contribution < -0.4 is 5.32 Å². The maximum absolute atomic E-state index is 12.5. The monoisotopic (exact) mass is 394 g/mol. The van der Waals surface area contributed by atoms with Gasteiger partial charge in [0.15, 0.2) is 0 Å². The minimum Gasteiger partial charge on any atom is -0.310 e. The molecule has 146 valence electrons. The lowest BCUT2D eigenvalue weighted by Crippen LogP contribution is -2.28. The van der Waals surface area contributed by atoms with Gasteiger partial charge in [-0.1, -0.05) is 38.6 Å². The first-order chi connectivity index (χ1) is 13.3. The van der Waals surface area contributed by atoms with E-state index in [1.807, 2.05) is 19.1 Å². The van der Waals surface area contributed by atoms with Gasteiger partial charge in [0.25, 0.3) is 0 Å². The summed E-state index contributed by atoms with van der Waals surface area (Å²) in [6, 6.07) is 9.62. The molecule has 3 rings (SSSR count). The van der Waals surface area contributed by atoms with E-state index in [9.17, 15) is 10.1 Å². The van der Waals surface area contributed by atoms with Crippen LogP contribution in [-0.2, 0) is 17.6 Å². The van der Waals surface area contributed by atoms with E-state index < -0.39 is 0 Å². The Morgan fingerprint density at radius 1 is 1.39 bits per heavy atom. The molecule has 0 bridgehead atoms. The van der Waals surface area contributed by atoms with E-state index in [4.69, 9.17) is 4.98 Å². The van der Waals surface area contributed by atoms with E-state index in [1.54, 1.807) is 18.3 Å². The third kappa shape index (κ3) is 4.71. The van der Waals surface area contributed by atoms with Gasteiger partial charge in [-0.05, 0) is 61.3 Å². The fourth-order valence-corrected chi connectivity index (χ4v) is 4.34. The second-order valence-electron chi connectivity index (χ2n) is 8.33. The van der Waals surface area contributed by atoms with Gasteiger partial charge in [-0.3, -0.25) is 4.79 Å². The zero-order valence-electron chi connectivity index (χ0n) is 16.8. The Kier molecular flexibility index (Phi) is 6.04. The van der Waals surface area contributed by atoms with Crippen LogP contribution in [0.4, 0.5) is 5.82 Å². The molecule has 0 aromatic carbocycles. The number of rotatable bonds is 4. The Hall–Kier alpha value is -2.39. The van der Waals surface area contributed by atoms with Crippen LogP contribution in [0.25, 0.3) is 0 Å². The van der Waals surface area contributed by atoms with Crippen LogP contribution in [0, 0.1) is 22.7 Å². The Morgan fingerprint density at radius 2 is 2.18 bits per heavy atom. The predicted octanol–water partition coefficient (Wildman–Crippen LogP) is 4.62. The molecule has 0 radical (unpaired) electrons. The molecular formula is C22H26N4OS. The second-order valence-corrected chi connectivity index (χ2v) is 9.66. The number of anilines is 1. The summed E-state index contributed by atoms with van der Waals surface area (Å²) in [5, 5.41) is 12.7. The van der Waals surface area contributed by atoms with Crippen molar-refractivity contribution in [1.82, 2.24) is 9.97 Å². The molecule has 1 aliphatic carbocycles. The van der Waals surface area contributed by atoms with Crippen molar-refractivity contribution in [3.05, 3.63) is 47.3 Å². The van der Waals surface area contributed by atoms with Gasteiger partial charge in [-0.25, -0.2) is 9.97 Å². The Balaban J connectivity index is 1.76. The van der Waals surface area contributed by atoms with Crippen LogP contribution in [0.3, 0.4) is 0 Å². The molecule has 2 atom stereocenters. The Labute approximate surface area is 171 Å². The molecule has 6 heteroatoms. The third-order valence-electron chi connectivity index (χ3n) is 5.27. The molecule has 28 heavy (non-hydrogen) atoms. The zero-order valence-corrected chi connectivity index (χ0v) is 17.6. The number of carbonyl (C=O) groups is 1. The lowest BCUT2D eigenvalue weighted by atomic mass is 9.71. The minimum atomic E-state index is -0.384. The minimum absolute atomic E-state index is 0.153. The summed E-state index contributed by atoms with van der Waals surface area (Å²) in [4.78, 5) is 21.4. The fraction of sp³-hybridized carbons (Fsp3) is 0.455. The average molecular weight is 395 g/mol. The summed E-state index contributed by atoms with van der Waals surface area (Å²) < 4.78 is 0. The van der Waals surface area contributed by atoms with Crippen molar-refractivity contribution in [2.75, 3.05) is 5.32 Å². The average Bonchev–Trinajstić information content (AvgIpc) is 2.67. The topological polar surface area (TPSA) is 78.7 Å². The standard InChI is InChI=1S/C22H26N4OS/c1-14(20(27)26-19-7-5-6-10-24-19)28-21-16(13-23)11-15-12-17(22(2,3)4)8-9-18(15)25-21/h5-7,10-11,14,17H,8-9,12H2,1-4H3,(H,24,26,27). The summed E-state index contributed by atoms with van der Waals surface area (Å²) in [6.07, 6.45) is 4.62. The van der Waals surface area contributed by atoms with E-state index in [0.29, 0.717) is 22.3 Å². The highest BCUT2D eigenvalue weighted by atomic mass is 32.2. The van der Waals surface area contributed by atoms with E-state index in [0.717, 1.165) is 25.0 Å². The first kappa shape index (κ1) is 20.3. The molecule has 0 aliphatic heterocycles. The van der Waals surface area contributed by atoms with Gasteiger partial charge in [0.05, 0.1) is 10.8 Å². The largest absolute Gasteiger partial charge is 0.310 e. The van der Waals surface area contributed by atoms with Crippen LogP contribution >= 0.6 is 11.8 Å². The van der Waals surface area contributed by atoms with Gasteiger partial charge in [-0.15, -0.1) is 0 Å². The van der Waals surface area contributed by atoms with Gasteiger partial charge < -0.3 is 5.32 Å². The highest BCUT2D eigenvalue weighted by Gasteiger charge is 2.30. The number of hydrogen-bond acceptors (Lipinski definition) is 5. The summed E-state index contributed by atoms with van der Waals surface area (Å²) in [7, 11) is 0. The van der Waals surface area contributed by atoms with Crippen LogP contribution in [0.5, 0.6) is 0 Å². The predicted molar refractivity (Wildman–Crippen MR) is 112 cm³/mol.